The predicted octanol–water partition coefficient (Wildman–Crippen LogP) is 3.22. The van der Waals surface area contributed by atoms with E-state index < -0.39 is 6.10 Å². The number of nitrogens with one attached hydrogen (secondary N) is 1. The van der Waals surface area contributed by atoms with Crippen molar-refractivity contribution in [2.45, 2.75) is 40.0 Å². The number of aryl methyl sites for hydroxylation is 2. The monoisotopic (exact) mass is 382 g/mol. The number of rotatable bonds is 7. The first kappa shape index (κ1) is 20.4. The Balaban J connectivity index is 1.51. The van der Waals surface area contributed by atoms with Crippen LogP contribution >= 0.6 is 0 Å². The fourth-order valence-electron chi connectivity index (χ4n) is 3.36. The van der Waals surface area contributed by atoms with Crippen molar-refractivity contribution < 1.29 is 14.3 Å². The van der Waals surface area contributed by atoms with E-state index >= 15 is 0 Å². The lowest BCUT2D eigenvalue weighted by molar-refractivity contribution is -0.127. The zero-order valence-electron chi connectivity index (χ0n) is 17.0. The molecule has 1 atom stereocenters. The topological polar surface area (TPSA) is 50.8 Å². The first-order valence-corrected chi connectivity index (χ1v) is 9.91. The maximum atomic E-state index is 12.4. The molecule has 0 spiro atoms. The molecule has 1 amide bonds. The molecule has 1 fully saturated rings. The Morgan fingerprint density at radius 1 is 1.14 bits per heavy atom. The van der Waals surface area contributed by atoms with E-state index in [1.165, 1.54) is 11.1 Å². The molecular weight excluding hydrogens is 352 g/mol. The van der Waals surface area contributed by atoms with Gasteiger partial charge in [0.2, 0.25) is 0 Å². The van der Waals surface area contributed by atoms with Gasteiger partial charge in [-0.05, 0) is 43.5 Å². The van der Waals surface area contributed by atoms with Crippen molar-refractivity contribution in [2.24, 2.45) is 0 Å². The summed E-state index contributed by atoms with van der Waals surface area (Å²) in [7, 11) is 0. The van der Waals surface area contributed by atoms with Crippen LogP contribution in [0.25, 0.3) is 0 Å². The quantitative estimate of drug-likeness (QED) is 0.799. The minimum absolute atomic E-state index is 0.112. The molecule has 2 aromatic rings. The summed E-state index contributed by atoms with van der Waals surface area (Å²) in [5.74, 6) is 0.638. The van der Waals surface area contributed by atoms with Crippen molar-refractivity contribution in [1.82, 2.24) is 10.2 Å². The second-order valence-corrected chi connectivity index (χ2v) is 7.46. The minimum Gasteiger partial charge on any atom is -0.481 e. The third-order valence-electron chi connectivity index (χ3n) is 4.97. The number of morpholine rings is 1. The number of hydrogen-bond acceptors (Lipinski definition) is 4. The summed E-state index contributed by atoms with van der Waals surface area (Å²) >= 11 is 0. The van der Waals surface area contributed by atoms with Crippen molar-refractivity contribution in [2.75, 3.05) is 26.3 Å². The van der Waals surface area contributed by atoms with Gasteiger partial charge >= 0.3 is 0 Å². The molecule has 0 aliphatic carbocycles. The van der Waals surface area contributed by atoms with Gasteiger partial charge in [-0.25, -0.2) is 0 Å². The Morgan fingerprint density at radius 3 is 2.64 bits per heavy atom. The van der Waals surface area contributed by atoms with Gasteiger partial charge in [0.25, 0.3) is 5.91 Å². The van der Waals surface area contributed by atoms with Crippen molar-refractivity contribution in [3.05, 3.63) is 64.7 Å². The summed E-state index contributed by atoms with van der Waals surface area (Å²) < 4.78 is 11.2. The van der Waals surface area contributed by atoms with Crippen molar-refractivity contribution in [3.8, 4) is 5.75 Å². The third kappa shape index (κ3) is 5.81. The van der Waals surface area contributed by atoms with Gasteiger partial charge in [0.1, 0.15) is 5.75 Å². The molecule has 0 saturated carbocycles. The standard InChI is InChI=1S/C23H30N2O3/c1-17-7-8-22(18(2)13-17)28-19(3)23(26)24-15-20-5-4-6-21(14-20)16-25-9-11-27-12-10-25/h4-8,13-14,19H,9-12,15-16H2,1-3H3,(H,24,26)/t19-/m0/s1. The second kappa shape index (κ2) is 9.71. The van der Waals surface area contributed by atoms with E-state index in [2.05, 4.69) is 28.4 Å². The van der Waals surface area contributed by atoms with E-state index in [0.29, 0.717) is 6.54 Å². The molecule has 5 heteroatoms. The molecule has 2 aromatic carbocycles. The van der Waals surface area contributed by atoms with Crippen molar-refractivity contribution >= 4 is 5.91 Å². The number of ether oxygens (including phenoxy) is 2. The Bertz CT molecular complexity index is 800. The summed E-state index contributed by atoms with van der Waals surface area (Å²) in [4.78, 5) is 14.8. The van der Waals surface area contributed by atoms with Gasteiger partial charge in [0, 0.05) is 26.2 Å². The van der Waals surface area contributed by atoms with Crippen LogP contribution in [0, 0.1) is 13.8 Å². The first-order chi connectivity index (χ1) is 13.5. The fraction of sp³-hybridized carbons (Fsp3) is 0.435. The Labute approximate surface area is 167 Å². The highest BCUT2D eigenvalue weighted by Gasteiger charge is 2.16. The summed E-state index contributed by atoms with van der Waals surface area (Å²) in [5, 5.41) is 2.98. The van der Waals surface area contributed by atoms with Crippen LogP contribution in [-0.4, -0.2) is 43.2 Å². The zero-order chi connectivity index (χ0) is 19.9. The molecule has 150 valence electrons. The number of carbonyl (C=O) groups is 1. The van der Waals surface area contributed by atoms with E-state index in [9.17, 15) is 4.79 Å². The number of benzene rings is 2. The molecule has 0 radical (unpaired) electrons. The van der Waals surface area contributed by atoms with Crippen molar-refractivity contribution in [3.63, 3.8) is 0 Å². The van der Waals surface area contributed by atoms with E-state index in [4.69, 9.17) is 9.47 Å². The third-order valence-corrected chi connectivity index (χ3v) is 4.97. The fourth-order valence-corrected chi connectivity index (χ4v) is 3.36. The summed E-state index contributed by atoms with van der Waals surface area (Å²) in [5.41, 5.74) is 4.57. The highest BCUT2D eigenvalue weighted by Crippen LogP contribution is 2.20. The molecular formula is C23H30N2O3. The smallest absolute Gasteiger partial charge is 0.261 e. The number of nitrogens with zero attached hydrogens (tertiary/aromatic N) is 1. The van der Waals surface area contributed by atoms with Crippen molar-refractivity contribution in [1.29, 1.82) is 0 Å². The molecule has 1 aliphatic heterocycles. The molecule has 0 aromatic heterocycles. The molecule has 0 unspecified atom stereocenters. The molecule has 1 heterocycles. The number of hydrogen-bond donors (Lipinski definition) is 1. The van der Waals surface area contributed by atoms with Gasteiger partial charge < -0.3 is 14.8 Å². The molecule has 28 heavy (non-hydrogen) atoms. The molecule has 1 saturated heterocycles. The maximum Gasteiger partial charge on any atom is 0.261 e. The molecule has 3 rings (SSSR count). The summed E-state index contributed by atoms with van der Waals surface area (Å²) in [6.07, 6.45) is -0.544. The van der Waals surface area contributed by atoms with Crippen LogP contribution in [-0.2, 0) is 22.6 Å². The van der Waals surface area contributed by atoms with Crippen LogP contribution in [0.5, 0.6) is 5.75 Å². The number of amides is 1. The zero-order valence-corrected chi connectivity index (χ0v) is 17.0. The highest BCUT2D eigenvalue weighted by atomic mass is 16.5. The van der Waals surface area contributed by atoms with Crippen LogP contribution in [0.15, 0.2) is 42.5 Å². The lowest BCUT2D eigenvalue weighted by atomic mass is 10.1. The lowest BCUT2D eigenvalue weighted by Gasteiger charge is -2.26. The van der Waals surface area contributed by atoms with Gasteiger partial charge in [0.15, 0.2) is 6.10 Å². The minimum atomic E-state index is -0.544. The van der Waals surface area contributed by atoms with Gasteiger partial charge in [0.05, 0.1) is 13.2 Å². The van der Waals surface area contributed by atoms with E-state index in [1.54, 1.807) is 6.92 Å². The van der Waals surface area contributed by atoms with E-state index in [-0.39, 0.29) is 5.91 Å². The van der Waals surface area contributed by atoms with Crippen LogP contribution < -0.4 is 10.1 Å². The second-order valence-electron chi connectivity index (χ2n) is 7.46. The average Bonchev–Trinajstić information content (AvgIpc) is 2.69. The van der Waals surface area contributed by atoms with Gasteiger partial charge in [-0.2, -0.15) is 0 Å². The molecule has 5 nitrogen and oxygen atoms in total. The van der Waals surface area contributed by atoms with Gasteiger partial charge in [-0.1, -0.05) is 42.0 Å². The Hall–Kier alpha value is -2.37. The molecule has 0 bridgehead atoms. The van der Waals surface area contributed by atoms with E-state index in [0.717, 1.165) is 49.7 Å². The summed E-state index contributed by atoms with van der Waals surface area (Å²) in [6, 6.07) is 14.3. The average molecular weight is 383 g/mol. The molecule has 1 N–H and O–H groups in total. The SMILES string of the molecule is Cc1ccc(O[C@@H](C)C(=O)NCc2cccc(CN3CCOCC3)c2)c(C)c1. The summed E-state index contributed by atoms with van der Waals surface area (Å²) in [6.45, 7) is 10.8. The van der Waals surface area contributed by atoms with Crippen LogP contribution in [0.1, 0.15) is 29.2 Å². The molecule has 1 aliphatic rings. The van der Waals surface area contributed by atoms with Gasteiger partial charge in [-0.3, -0.25) is 9.69 Å². The first-order valence-electron chi connectivity index (χ1n) is 9.91. The normalized spacial score (nSPS) is 15.8. The highest BCUT2D eigenvalue weighted by molar-refractivity contribution is 5.80. The Kier molecular flexibility index (Phi) is 7.06. The van der Waals surface area contributed by atoms with Crippen LogP contribution in [0.2, 0.25) is 0 Å². The van der Waals surface area contributed by atoms with Crippen LogP contribution in [0.4, 0.5) is 0 Å². The number of carbonyl (C=O) groups excluding carboxylic acids is 1. The lowest BCUT2D eigenvalue weighted by Crippen LogP contribution is -2.36. The van der Waals surface area contributed by atoms with Crippen LogP contribution in [0.3, 0.4) is 0 Å². The van der Waals surface area contributed by atoms with Gasteiger partial charge in [-0.15, -0.1) is 0 Å². The van der Waals surface area contributed by atoms with E-state index in [1.807, 2.05) is 38.1 Å². The largest absolute Gasteiger partial charge is 0.481 e. The maximum absolute atomic E-state index is 12.4. The Morgan fingerprint density at radius 2 is 1.89 bits per heavy atom. The predicted molar refractivity (Wildman–Crippen MR) is 110 cm³/mol.